The molecule has 0 unspecified atom stereocenters. The molecular weight excluding hydrogens is 256 g/mol. The number of thiazole rings is 1. The first-order chi connectivity index (χ1) is 9.19. The van der Waals surface area contributed by atoms with Crippen molar-refractivity contribution in [1.29, 1.82) is 0 Å². The highest BCUT2D eigenvalue weighted by Crippen LogP contribution is 2.36. The van der Waals surface area contributed by atoms with Crippen LogP contribution < -0.4 is 0 Å². The second kappa shape index (κ2) is 4.38. The highest BCUT2D eigenvalue weighted by atomic mass is 32.1. The lowest BCUT2D eigenvalue weighted by Gasteiger charge is -2.06. The Kier molecular flexibility index (Phi) is 2.69. The van der Waals surface area contributed by atoms with Gasteiger partial charge in [0.25, 0.3) is 0 Å². The topological polar surface area (TPSA) is 37.5 Å². The van der Waals surface area contributed by atoms with Crippen LogP contribution in [0, 0.1) is 13.5 Å². The minimum atomic E-state index is 0.267. The van der Waals surface area contributed by atoms with Gasteiger partial charge >= 0.3 is 0 Å². The number of fused-ring (bicyclic) bond motifs is 1. The Morgan fingerprint density at radius 2 is 2.11 bits per heavy atom. The molecule has 19 heavy (non-hydrogen) atoms. The van der Waals surface area contributed by atoms with Crippen molar-refractivity contribution in [1.82, 2.24) is 4.98 Å². The van der Waals surface area contributed by atoms with Crippen LogP contribution in [0.4, 0.5) is 5.69 Å². The molecule has 0 fully saturated rings. The molecule has 1 N–H and O–H groups in total. The second-order valence-corrected chi connectivity index (χ2v) is 5.16. The number of phenolic OH excluding ortho intramolecular Hbond substituents is 1. The fourth-order valence-corrected chi connectivity index (χ4v) is 2.82. The van der Waals surface area contributed by atoms with Crippen LogP contribution in [-0.2, 0) is 0 Å². The van der Waals surface area contributed by atoms with Crippen molar-refractivity contribution >= 4 is 27.2 Å². The summed E-state index contributed by atoms with van der Waals surface area (Å²) < 4.78 is 1.04. The van der Waals surface area contributed by atoms with Gasteiger partial charge in [0.1, 0.15) is 5.75 Å². The molecule has 3 aromatic rings. The Morgan fingerprint density at radius 1 is 1.26 bits per heavy atom. The Morgan fingerprint density at radius 3 is 2.84 bits per heavy atom. The molecule has 0 aliphatic carbocycles. The molecule has 0 bridgehead atoms. The molecule has 4 heteroatoms. The van der Waals surface area contributed by atoms with Crippen LogP contribution in [0.15, 0.2) is 35.8 Å². The largest absolute Gasteiger partial charge is 0.508 e. The number of benzene rings is 2. The summed E-state index contributed by atoms with van der Waals surface area (Å²) in [6, 6.07) is 9.20. The monoisotopic (exact) mass is 266 g/mol. The molecule has 0 aliphatic rings. The highest BCUT2D eigenvalue weighted by Gasteiger charge is 2.10. The molecule has 92 valence electrons. The molecule has 3 rings (SSSR count). The Labute approximate surface area is 114 Å². The lowest BCUT2D eigenvalue weighted by atomic mass is 10.0. The Bertz CT molecular complexity index is 815. The third-order valence-electron chi connectivity index (χ3n) is 3.07. The van der Waals surface area contributed by atoms with Gasteiger partial charge in [0.2, 0.25) is 0 Å². The summed E-state index contributed by atoms with van der Waals surface area (Å²) in [4.78, 5) is 7.74. The van der Waals surface area contributed by atoms with E-state index in [1.54, 1.807) is 29.0 Å². The number of aromatic hydroxyl groups is 1. The van der Waals surface area contributed by atoms with Gasteiger partial charge < -0.3 is 5.11 Å². The maximum atomic E-state index is 9.84. The van der Waals surface area contributed by atoms with Gasteiger partial charge in [-0.05, 0) is 41.8 Å². The normalized spacial score (nSPS) is 10.5. The quantitative estimate of drug-likeness (QED) is 0.657. The maximum absolute atomic E-state index is 9.84. The van der Waals surface area contributed by atoms with Gasteiger partial charge in [-0.25, -0.2) is 9.83 Å². The van der Waals surface area contributed by atoms with Crippen LogP contribution >= 0.6 is 11.3 Å². The summed E-state index contributed by atoms with van der Waals surface area (Å²) in [7, 11) is 0. The number of aromatic nitrogens is 1. The average Bonchev–Trinajstić information content (AvgIpc) is 2.89. The van der Waals surface area contributed by atoms with E-state index in [0.29, 0.717) is 5.69 Å². The number of aryl methyl sites for hydroxylation is 1. The van der Waals surface area contributed by atoms with E-state index in [1.807, 2.05) is 25.1 Å². The van der Waals surface area contributed by atoms with Crippen LogP contribution in [0.2, 0.25) is 0 Å². The summed E-state index contributed by atoms with van der Waals surface area (Å²) in [5.74, 6) is 0.267. The zero-order valence-electron chi connectivity index (χ0n) is 10.2. The van der Waals surface area contributed by atoms with Gasteiger partial charge in [-0.15, -0.1) is 11.3 Å². The summed E-state index contributed by atoms with van der Waals surface area (Å²) in [5, 5.41) is 9.84. The van der Waals surface area contributed by atoms with Crippen molar-refractivity contribution in [3.05, 3.63) is 52.8 Å². The molecule has 0 saturated carbocycles. The van der Waals surface area contributed by atoms with Gasteiger partial charge in [0.15, 0.2) is 5.69 Å². The molecule has 3 nitrogen and oxygen atoms in total. The molecule has 0 aliphatic heterocycles. The van der Waals surface area contributed by atoms with E-state index in [0.717, 1.165) is 26.9 Å². The molecule has 0 radical (unpaired) electrons. The van der Waals surface area contributed by atoms with Crippen LogP contribution in [0.5, 0.6) is 5.75 Å². The molecule has 0 atom stereocenters. The van der Waals surface area contributed by atoms with Gasteiger partial charge in [-0.2, -0.15) is 0 Å². The van der Waals surface area contributed by atoms with Crippen LogP contribution in [-0.4, -0.2) is 10.1 Å². The Hall–Kier alpha value is -2.38. The first-order valence-corrected chi connectivity index (χ1v) is 6.61. The minimum absolute atomic E-state index is 0.267. The molecule has 0 amide bonds. The number of phenols is 1. The Balaban J connectivity index is 2.31. The number of hydrogen-bond donors (Lipinski definition) is 1. The van der Waals surface area contributed by atoms with Crippen LogP contribution in [0.25, 0.3) is 26.2 Å². The zero-order chi connectivity index (χ0) is 13.4. The molecule has 1 aromatic heterocycles. The first kappa shape index (κ1) is 11.7. The van der Waals surface area contributed by atoms with Crippen molar-refractivity contribution in [2.75, 3.05) is 0 Å². The van der Waals surface area contributed by atoms with E-state index in [9.17, 15) is 5.11 Å². The van der Waals surface area contributed by atoms with E-state index in [-0.39, 0.29) is 5.75 Å². The van der Waals surface area contributed by atoms with Crippen molar-refractivity contribution in [3.8, 4) is 16.9 Å². The number of rotatable bonds is 1. The standard InChI is InChI=1S/C15H10N2OS/c1-9-3-4-10(5-14(9)18)12-6-11(16-2)7-13-15(12)19-8-17-13/h3-8,18H,1H3. The van der Waals surface area contributed by atoms with Gasteiger partial charge in [-0.3, -0.25) is 0 Å². The average molecular weight is 266 g/mol. The SMILES string of the molecule is [C-]#[N+]c1cc(-c2ccc(C)c(O)c2)c2scnc2c1. The van der Waals surface area contributed by atoms with Gasteiger partial charge in [0.05, 0.1) is 22.3 Å². The van der Waals surface area contributed by atoms with Gasteiger partial charge in [-0.1, -0.05) is 12.1 Å². The molecule has 2 aromatic carbocycles. The summed E-state index contributed by atoms with van der Waals surface area (Å²) in [6.45, 7) is 9.02. The second-order valence-electron chi connectivity index (χ2n) is 4.31. The fourth-order valence-electron chi connectivity index (χ4n) is 2.01. The van der Waals surface area contributed by atoms with E-state index >= 15 is 0 Å². The third-order valence-corrected chi connectivity index (χ3v) is 3.94. The fraction of sp³-hybridized carbons (Fsp3) is 0.0667. The zero-order valence-corrected chi connectivity index (χ0v) is 11.0. The number of hydrogen-bond acceptors (Lipinski definition) is 3. The summed E-state index contributed by atoms with van der Waals surface area (Å²) in [6.07, 6.45) is 0. The highest BCUT2D eigenvalue weighted by molar-refractivity contribution is 7.17. The number of nitrogens with zero attached hydrogens (tertiary/aromatic N) is 2. The predicted molar refractivity (Wildman–Crippen MR) is 77.7 cm³/mol. The van der Waals surface area contributed by atoms with Crippen LogP contribution in [0.1, 0.15) is 5.56 Å². The van der Waals surface area contributed by atoms with Crippen molar-refractivity contribution < 1.29 is 5.11 Å². The van der Waals surface area contributed by atoms with E-state index < -0.39 is 0 Å². The maximum Gasteiger partial charge on any atom is 0.190 e. The lowest BCUT2D eigenvalue weighted by molar-refractivity contribution is 0.471. The van der Waals surface area contributed by atoms with Crippen LogP contribution in [0.3, 0.4) is 0 Å². The molecular formula is C15H10N2OS. The van der Waals surface area contributed by atoms with Crippen molar-refractivity contribution in [3.63, 3.8) is 0 Å². The summed E-state index contributed by atoms with van der Waals surface area (Å²) >= 11 is 1.54. The van der Waals surface area contributed by atoms with Crippen molar-refractivity contribution in [2.24, 2.45) is 0 Å². The van der Waals surface area contributed by atoms with E-state index in [1.165, 1.54) is 0 Å². The van der Waals surface area contributed by atoms with Crippen molar-refractivity contribution in [2.45, 2.75) is 6.92 Å². The first-order valence-electron chi connectivity index (χ1n) is 5.74. The molecule has 0 spiro atoms. The minimum Gasteiger partial charge on any atom is -0.508 e. The molecule has 1 heterocycles. The third kappa shape index (κ3) is 1.94. The predicted octanol–water partition coefficient (Wildman–Crippen LogP) is 4.53. The summed E-state index contributed by atoms with van der Waals surface area (Å²) in [5.41, 5.74) is 5.85. The van der Waals surface area contributed by atoms with E-state index in [2.05, 4.69) is 9.83 Å². The smallest absolute Gasteiger partial charge is 0.190 e. The van der Waals surface area contributed by atoms with Gasteiger partial charge in [0, 0.05) is 0 Å². The molecule has 0 saturated heterocycles. The lowest BCUT2D eigenvalue weighted by Crippen LogP contribution is -1.81. The van der Waals surface area contributed by atoms with E-state index in [4.69, 9.17) is 6.57 Å².